The number of thiophene rings is 1. The average molecular weight is 531 g/mol. The molecule has 10 heteroatoms. The normalized spacial score (nSPS) is 14.7. The first-order valence-electron chi connectivity index (χ1n) is 12.8. The van der Waals surface area contributed by atoms with Gasteiger partial charge in [0.15, 0.2) is 0 Å². The highest BCUT2D eigenvalue weighted by molar-refractivity contribution is 7.10. The monoisotopic (exact) mass is 530 g/mol. The number of carbonyl (C=O) groups is 3. The number of aromatic nitrogens is 3. The van der Waals surface area contributed by atoms with E-state index < -0.39 is 6.04 Å². The largest absolute Gasteiger partial charge is 0.351 e. The lowest BCUT2D eigenvalue weighted by atomic mass is 9.95. The third-order valence-corrected chi connectivity index (χ3v) is 7.64. The highest BCUT2D eigenvalue weighted by Crippen LogP contribution is 2.32. The minimum atomic E-state index is -0.856. The first-order valence-corrected chi connectivity index (χ1v) is 13.7. The highest BCUT2D eigenvalue weighted by atomic mass is 32.1. The quantitative estimate of drug-likeness (QED) is 0.344. The van der Waals surface area contributed by atoms with Gasteiger partial charge in [0.1, 0.15) is 18.1 Å². The highest BCUT2D eigenvalue weighted by Gasteiger charge is 2.35. The molecule has 9 nitrogen and oxygen atoms in total. The Morgan fingerprint density at radius 3 is 2.50 bits per heavy atom. The molecule has 38 heavy (non-hydrogen) atoms. The van der Waals surface area contributed by atoms with Crippen LogP contribution in [0.15, 0.2) is 66.0 Å². The molecule has 0 saturated heterocycles. The third kappa shape index (κ3) is 5.75. The van der Waals surface area contributed by atoms with E-state index in [1.807, 2.05) is 41.8 Å². The topological polar surface area (TPSA) is 109 Å². The van der Waals surface area contributed by atoms with Crippen LogP contribution in [-0.2, 0) is 20.9 Å². The van der Waals surface area contributed by atoms with Crippen molar-refractivity contribution in [2.75, 3.05) is 10.2 Å². The van der Waals surface area contributed by atoms with Crippen molar-refractivity contribution in [1.29, 1.82) is 0 Å². The Bertz CT molecular complexity index is 1410. The van der Waals surface area contributed by atoms with Gasteiger partial charge in [0.2, 0.25) is 17.7 Å². The molecule has 2 heterocycles. The molecule has 0 aliphatic heterocycles. The summed E-state index contributed by atoms with van der Waals surface area (Å²) in [7, 11) is 0. The lowest BCUT2D eigenvalue weighted by Gasteiger charge is -2.33. The molecule has 1 atom stereocenters. The maximum Gasteiger partial charge on any atom is 0.249 e. The number of nitrogens with one attached hydrogen (secondary N) is 2. The van der Waals surface area contributed by atoms with Crippen LogP contribution >= 0.6 is 11.3 Å². The van der Waals surface area contributed by atoms with Crippen molar-refractivity contribution < 1.29 is 14.4 Å². The van der Waals surface area contributed by atoms with E-state index in [1.165, 1.54) is 29.6 Å². The summed E-state index contributed by atoms with van der Waals surface area (Å²) in [6.07, 6.45) is 5.22. The van der Waals surface area contributed by atoms with Crippen molar-refractivity contribution in [2.45, 2.75) is 57.7 Å². The van der Waals surface area contributed by atoms with Crippen molar-refractivity contribution in [2.24, 2.45) is 0 Å². The summed E-state index contributed by atoms with van der Waals surface area (Å²) in [6, 6.07) is 17.4. The molecule has 5 rings (SSSR count). The average Bonchev–Trinajstić information content (AvgIpc) is 3.59. The first-order chi connectivity index (χ1) is 18.5. The maximum absolute atomic E-state index is 14.0. The summed E-state index contributed by atoms with van der Waals surface area (Å²) in [6.45, 7) is 1.35. The zero-order valence-electron chi connectivity index (χ0n) is 21.2. The second-order valence-corrected chi connectivity index (χ2v) is 10.5. The van der Waals surface area contributed by atoms with E-state index in [9.17, 15) is 14.4 Å². The Labute approximate surface area is 224 Å². The van der Waals surface area contributed by atoms with Crippen LogP contribution in [0.3, 0.4) is 0 Å². The maximum atomic E-state index is 14.0. The van der Waals surface area contributed by atoms with Gasteiger partial charge in [-0.2, -0.15) is 0 Å². The zero-order valence-corrected chi connectivity index (χ0v) is 22.0. The van der Waals surface area contributed by atoms with E-state index in [0.717, 1.165) is 36.1 Å². The lowest BCUT2D eigenvalue weighted by Crippen LogP contribution is -2.48. The smallest absolute Gasteiger partial charge is 0.249 e. The SMILES string of the molecule is CC(=O)Nc1ccc(N(C(=O)Cn2nnc3ccccc32)C(C(=O)NC2CCCCC2)c2cccs2)cc1. The number of rotatable bonds is 8. The summed E-state index contributed by atoms with van der Waals surface area (Å²) < 4.78 is 1.56. The van der Waals surface area contributed by atoms with Gasteiger partial charge >= 0.3 is 0 Å². The Kier molecular flexibility index (Phi) is 7.78. The number of amides is 3. The van der Waals surface area contributed by atoms with Crippen molar-refractivity contribution in [3.63, 3.8) is 0 Å². The molecule has 2 N–H and O–H groups in total. The van der Waals surface area contributed by atoms with Gasteiger partial charge in [0.05, 0.1) is 5.52 Å². The summed E-state index contributed by atoms with van der Waals surface area (Å²) in [5, 5.41) is 16.2. The fourth-order valence-corrected chi connectivity index (χ4v) is 5.74. The number of carbonyl (C=O) groups excluding carboxylic acids is 3. The molecule has 196 valence electrons. The third-order valence-electron chi connectivity index (χ3n) is 6.71. The Morgan fingerprint density at radius 1 is 1.03 bits per heavy atom. The van der Waals surface area contributed by atoms with Crippen LogP contribution in [0.25, 0.3) is 11.0 Å². The summed E-state index contributed by atoms with van der Waals surface area (Å²) in [5.41, 5.74) is 2.58. The molecular weight excluding hydrogens is 500 g/mol. The molecule has 0 bridgehead atoms. The predicted octanol–water partition coefficient (Wildman–Crippen LogP) is 4.67. The van der Waals surface area contributed by atoms with Crippen LogP contribution in [0, 0.1) is 0 Å². The van der Waals surface area contributed by atoms with E-state index in [0.29, 0.717) is 16.9 Å². The van der Waals surface area contributed by atoms with Gasteiger partial charge in [-0.1, -0.05) is 42.7 Å². The standard InChI is InChI=1S/C28H30N6O3S/c1-19(35)29-21-13-15-22(16-14-21)34(26(36)18-33-24-11-6-5-10-23(24)31-32-33)27(25-12-7-17-38-25)28(37)30-20-8-3-2-4-9-20/h5-7,10-17,20,27H,2-4,8-9,18H2,1H3,(H,29,35)(H,30,37). The van der Waals surface area contributed by atoms with Gasteiger partial charge in [-0.05, 0) is 60.7 Å². The second-order valence-electron chi connectivity index (χ2n) is 9.49. The number of nitrogens with zero attached hydrogens (tertiary/aromatic N) is 4. The Balaban J connectivity index is 1.52. The van der Waals surface area contributed by atoms with E-state index in [4.69, 9.17) is 0 Å². The zero-order chi connectivity index (χ0) is 26.5. The Morgan fingerprint density at radius 2 is 1.79 bits per heavy atom. The van der Waals surface area contributed by atoms with Crippen LogP contribution < -0.4 is 15.5 Å². The minimum absolute atomic E-state index is 0.0907. The molecule has 1 aliphatic carbocycles. The van der Waals surface area contributed by atoms with E-state index in [-0.39, 0.29) is 30.3 Å². The van der Waals surface area contributed by atoms with E-state index in [2.05, 4.69) is 20.9 Å². The van der Waals surface area contributed by atoms with Crippen molar-refractivity contribution in [3.8, 4) is 0 Å². The van der Waals surface area contributed by atoms with Gasteiger partial charge in [0.25, 0.3) is 0 Å². The van der Waals surface area contributed by atoms with Crippen molar-refractivity contribution in [3.05, 3.63) is 70.9 Å². The number of para-hydroxylation sites is 1. The fraction of sp³-hybridized carbons (Fsp3) is 0.321. The number of hydrogen-bond acceptors (Lipinski definition) is 6. The van der Waals surface area contributed by atoms with E-state index >= 15 is 0 Å². The summed E-state index contributed by atoms with van der Waals surface area (Å²) in [5.74, 6) is -0.695. The molecule has 1 fully saturated rings. The van der Waals surface area contributed by atoms with Crippen molar-refractivity contribution in [1.82, 2.24) is 20.3 Å². The lowest BCUT2D eigenvalue weighted by molar-refractivity contribution is -0.127. The molecule has 2 aromatic carbocycles. The van der Waals surface area contributed by atoms with E-state index in [1.54, 1.807) is 28.9 Å². The van der Waals surface area contributed by atoms with Crippen LogP contribution in [0.2, 0.25) is 0 Å². The predicted molar refractivity (Wildman–Crippen MR) is 148 cm³/mol. The van der Waals surface area contributed by atoms with Gasteiger partial charge in [-0.15, -0.1) is 16.4 Å². The number of anilines is 2. The fourth-order valence-electron chi connectivity index (χ4n) is 4.93. The molecule has 1 saturated carbocycles. The first kappa shape index (κ1) is 25.6. The molecule has 2 aromatic heterocycles. The molecule has 1 unspecified atom stereocenters. The molecule has 4 aromatic rings. The van der Waals surface area contributed by atoms with Gasteiger partial charge < -0.3 is 10.6 Å². The van der Waals surface area contributed by atoms with Gasteiger partial charge in [-0.25, -0.2) is 4.68 Å². The van der Waals surface area contributed by atoms with Gasteiger partial charge in [0, 0.05) is 29.2 Å². The Hall–Kier alpha value is -4.05. The molecule has 1 aliphatic rings. The second kappa shape index (κ2) is 11.6. The molecule has 0 spiro atoms. The van der Waals surface area contributed by atoms with Crippen LogP contribution in [0.1, 0.15) is 49.9 Å². The van der Waals surface area contributed by atoms with Crippen molar-refractivity contribution >= 4 is 51.5 Å². The number of fused-ring (bicyclic) bond motifs is 1. The minimum Gasteiger partial charge on any atom is -0.351 e. The number of hydrogen-bond donors (Lipinski definition) is 2. The molecule has 0 radical (unpaired) electrons. The molecule has 3 amide bonds. The van der Waals surface area contributed by atoms with Gasteiger partial charge in [-0.3, -0.25) is 19.3 Å². The summed E-state index contributed by atoms with van der Waals surface area (Å²) in [4.78, 5) is 41.7. The van der Waals surface area contributed by atoms with Crippen LogP contribution in [0.4, 0.5) is 11.4 Å². The molecular formula is C28H30N6O3S. The summed E-state index contributed by atoms with van der Waals surface area (Å²) >= 11 is 1.44. The van der Waals surface area contributed by atoms with Crippen LogP contribution in [0.5, 0.6) is 0 Å². The van der Waals surface area contributed by atoms with Crippen LogP contribution in [-0.4, -0.2) is 38.8 Å². The number of benzene rings is 2.